The van der Waals surface area contributed by atoms with Crippen LogP contribution in [-0.2, 0) is 4.79 Å². The molecule has 1 unspecified atom stereocenters. The minimum absolute atomic E-state index is 0.331. The van der Waals surface area contributed by atoms with E-state index in [1.165, 1.54) is 11.3 Å². The molecule has 0 radical (unpaired) electrons. The van der Waals surface area contributed by atoms with Gasteiger partial charge in [0.25, 0.3) is 5.91 Å². The van der Waals surface area contributed by atoms with Gasteiger partial charge in [0.15, 0.2) is 0 Å². The highest BCUT2D eigenvalue weighted by Crippen LogP contribution is 2.27. The first-order valence-corrected chi connectivity index (χ1v) is 8.24. The molecule has 1 aromatic heterocycles. The fourth-order valence-corrected chi connectivity index (χ4v) is 3.20. The number of thioether (sulfide) groups is 1. The average molecular weight is 352 g/mol. The SMILES string of the molecule is CSCCC(NC(=O)c1cc(C)c(Br)s1)C(=O)O. The second-order valence-electron chi connectivity index (χ2n) is 3.71. The third-order valence-corrected chi connectivity index (χ3v) is 5.07. The molecule has 0 bridgehead atoms. The van der Waals surface area contributed by atoms with Crippen LogP contribution in [0.3, 0.4) is 0 Å². The summed E-state index contributed by atoms with van der Waals surface area (Å²) < 4.78 is 0.892. The van der Waals surface area contributed by atoms with Gasteiger partial charge in [-0.25, -0.2) is 4.79 Å². The number of amides is 1. The van der Waals surface area contributed by atoms with E-state index in [1.54, 1.807) is 17.8 Å². The van der Waals surface area contributed by atoms with Gasteiger partial charge in [0.1, 0.15) is 6.04 Å². The van der Waals surface area contributed by atoms with E-state index in [0.717, 1.165) is 9.35 Å². The molecule has 4 nitrogen and oxygen atoms in total. The summed E-state index contributed by atoms with van der Waals surface area (Å²) in [5.74, 6) is -0.628. The van der Waals surface area contributed by atoms with Crippen LogP contribution in [-0.4, -0.2) is 35.0 Å². The number of carboxylic acid groups (broad SMARTS) is 1. The second-order valence-corrected chi connectivity index (χ2v) is 7.07. The van der Waals surface area contributed by atoms with E-state index < -0.39 is 12.0 Å². The van der Waals surface area contributed by atoms with Gasteiger partial charge in [-0.15, -0.1) is 11.3 Å². The molecule has 0 aliphatic rings. The van der Waals surface area contributed by atoms with E-state index in [1.807, 2.05) is 13.2 Å². The zero-order valence-corrected chi connectivity index (χ0v) is 13.2. The standard InChI is InChI=1S/C11H14BrNO3S2/c1-6-5-8(18-9(6)12)10(14)13-7(11(15)16)3-4-17-2/h5,7H,3-4H2,1-2H3,(H,13,14)(H,15,16). The average Bonchev–Trinajstić information content (AvgIpc) is 2.64. The molecule has 1 atom stereocenters. The van der Waals surface area contributed by atoms with Crippen LogP contribution >= 0.6 is 39.0 Å². The number of aryl methyl sites for hydroxylation is 1. The number of hydrogen-bond acceptors (Lipinski definition) is 4. The Morgan fingerprint density at radius 3 is 2.72 bits per heavy atom. The summed E-state index contributed by atoms with van der Waals surface area (Å²) in [5.41, 5.74) is 0.973. The summed E-state index contributed by atoms with van der Waals surface area (Å²) in [6.45, 7) is 1.89. The highest BCUT2D eigenvalue weighted by molar-refractivity contribution is 9.11. The number of halogens is 1. The largest absolute Gasteiger partial charge is 0.480 e. The van der Waals surface area contributed by atoms with Crippen LogP contribution in [0.2, 0.25) is 0 Å². The fourth-order valence-electron chi connectivity index (χ4n) is 1.29. The molecule has 0 aliphatic heterocycles. The van der Waals surface area contributed by atoms with E-state index in [0.29, 0.717) is 17.1 Å². The van der Waals surface area contributed by atoms with Crippen molar-refractivity contribution < 1.29 is 14.7 Å². The van der Waals surface area contributed by atoms with Crippen molar-refractivity contribution in [3.8, 4) is 0 Å². The summed E-state index contributed by atoms with van der Waals surface area (Å²) in [6, 6.07) is 0.920. The number of carbonyl (C=O) groups excluding carboxylic acids is 1. The summed E-state index contributed by atoms with van der Waals surface area (Å²) in [7, 11) is 0. The first kappa shape index (κ1) is 15.5. The molecule has 100 valence electrons. The van der Waals surface area contributed by atoms with Crippen LogP contribution in [0.1, 0.15) is 21.7 Å². The molecule has 0 aromatic carbocycles. The lowest BCUT2D eigenvalue weighted by atomic mass is 10.2. The van der Waals surface area contributed by atoms with Crippen LogP contribution in [0.15, 0.2) is 9.85 Å². The lowest BCUT2D eigenvalue weighted by Crippen LogP contribution is -2.40. The van der Waals surface area contributed by atoms with Gasteiger partial charge < -0.3 is 10.4 Å². The summed E-state index contributed by atoms with van der Waals surface area (Å²) in [6.07, 6.45) is 2.33. The van der Waals surface area contributed by atoms with Crippen molar-refractivity contribution in [3.05, 3.63) is 20.3 Å². The predicted molar refractivity (Wildman–Crippen MR) is 78.6 cm³/mol. The van der Waals surface area contributed by atoms with Gasteiger partial charge in [0.2, 0.25) is 0 Å². The van der Waals surface area contributed by atoms with Crippen molar-refractivity contribution in [2.45, 2.75) is 19.4 Å². The monoisotopic (exact) mass is 351 g/mol. The maximum absolute atomic E-state index is 11.9. The van der Waals surface area contributed by atoms with E-state index in [4.69, 9.17) is 5.11 Å². The van der Waals surface area contributed by atoms with Gasteiger partial charge >= 0.3 is 5.97 Å². The summed E-state index contributed by atoms with van der Waals surface area (Å²) in [4.78, 5) is 23.4. The molecule has 0 aliphatic carbocycles. The molecule has 1 amide bonds. The third-order valence-electron chi connectivity index (χ3n) is 2.30. The van der Waals surface area contributed by atoms with Crippen LogP contribution in [0.4, 0.5) is 0 Å². The van der Waals surface area contributed by atoms with E-state index >= 15 is 0 Å². The van der Waals surface area contributed by atoms with E-state index in [2.05, 4.69) is 21.2 Å². The van der Waals surface area contributed by atoms with Crippen molar-refractivity contribution in [1.29, 1.82) is 0 Å². The molecular weight excluding hydrogens is 338 g/mol. The van der Waals surface area contributed by atoms with E-state index in [9.17, 15) is 9.59 Å². The van der Waals surface area contributed by atoms with Crippen molar-refractivity contribution >= 4 is 50.9 Å². The van der Waals surface area contributed by atoms with Crippen LogP contribution < -0.4 is 5.32 Å². The zero-order chi connectivity index (χ0) is 13.7. The molecule has 0 fully saturated rings. The third kappa shape index (κ3) is 4.29. The number of thiophene rings is 1. The smallest absolute Gasteiger partial charge is 0.326 e. The highest BCUT2D eigenvalue weighted by atomic mass is 79.9. The van der Waals surface area contributed by atoms with Gasteiger partial charge in [0.05, 0.1) is 8.66 Å². The number of carboxylic acids is 1. The van der Waals surface area contributed by atoms with E-state index in [-0.39, 0.29) is 5.91 Å². The molecule has 0 saturated heterocycles. The molecule has 1 aromatic rings. The Balaban J connectivity index is 2.69. The van der Waals surface area contributed by atoms with Gasteiger partial charge in [0, 0.05) is 0 Å². The highest BCUT2D eigenvalue weighted by Gasteiger charge is 2.21. The van der Waals surface area contributed by atoms with Crippen molar-refractivity contribution in [2.75, 3.05) is 12.0 Å². The van der Waals surface area contributed by atoms with Crippen molar-refractivity contribution in [3.63, 3.8) is 0 Å². The van der Waals surface area contributed by atoms with Crippen LogP contribution in [0.25, 0.3) is 0 Å². The molecule has 7 heteroatoms. The lowest BCUT2D eigenvalue weighted by molar-refractivity contribution is -0.139. The Morgan fingerprint density at radius 2 is 2.28 bits per heavy atom. The normalized spacial score (nSPS) is 12.2. The topological polar surface area (TPSA) is 66.4 Å². The number of hydrogen-bond donors (Lipinski definition) is 2. The molecule has 2 N–H and O–H groups in total. The number of aliphatic carboxylic acids is 1. The Morgan fingerprint density at radius 1 is 1.61 bits per heavy atom. The fraction of sp³-hybridized carbons (Fsp3) is 0.455. The Hall–Kier alpha value is -0.530. The second kappa shape index (κ2) is 7.16. The van der Waals surface area contributed by atoms with Gasteiger partial charge in [-0.3, -0.25) is 4.79 Å². The maximum atomic E-state index is 11.9. The Bertz CT molecular complexity index is 428. The van der Waals surface area contributed by atoms with Crippen LogP contribution in [0, 0.1) is 6.92 Å². The number of carbonyl (C=O) groups is 2. The van der Waals surface area contributed by atoms with Gasteiger partial charge in [-0.05, 0) is 52.9 Å². The number of rotatable bonds is 6. The first-order chi connectivity index (χ1) is 8.45. The molecule has 18 heavy (non-hydrogen) atoms. The van der Waals surface area contributed by atoms with Crippen molar-refractivity contribution in [2.24, 2.45) is 0 Å². The predicted octanol–water partition coefficient (Wildman–Crippen LogP) is 2.76. The molecule has 1 rings (SSSR count). The lowest BCUT2D eigenvalue weighted by Gasteiger charge is -2.12. The summed E-state index contributed by atoms with van der Waals surface area (Å²) in [5, 5.41) is 11.6. The quantitative estimate of drug-likeness (QED) is 0.826. The molecule has 0 spiro atoms. The molecule has 0 saturated carbocycles. The maximum Gasteiger partial charge on any atom is 0.326 e. The molecule has 1 heterocycles. The molecular formula is C11H14BrNO3S2. The summed E-state index contributed by atoms with van der Waals surface area (Å²) >= 11 is 6.20. The zero-order valence-electron chi connectivity index (χ0n) is 10.0. The van der Waals surface area contributed by atoms with Crippen molar-refractivity contribution in [1.82, 2.24) is 5.32 Å². The minimum Gasteiger partial charge on any atom is -0.480 e. The van der Waals surface area contributed by atoms with Gasteiger partial charge in [-0.1, -0.05) is 0 Å². The number of nitrogens with one attached hydrogen (secondary N) is 1. The first-order valence-electron chi connectivity index (χ1n) is 5.24. The van der Waals surface area contributed by atoms with Gasteiger partial charge in [-0.2, -0.15) is 11.8 Å². The Kier molecular flexibility index (Phi) is 6.17. The minimum atomic E-state index is -0.996. The van der Waals surface area contributed by atoms with Crippen LogP contribution in [0.5, 0.6) is 0 Å². The Labute approximate surface area is 122 Å².